The number of carbonyl (C=O) groups excluding carboxylic acids is 2. The number of carbonyl (C=O) groups is 2. The van der Waals surface area contributed by atoms with E-state index in [4.69, 9.17) is 9.47 Å². The summed E-state index contributed by atoms with van der Waals surface area (Å²) >= 11 is 2.12. The van der Waals surface area contributed by atoms with Crippen LogP contribution in [0.4, 0.5) is 4.79 Å². The first-order chi connectivity index (χ1) is 15.9. The lowest BCUT2D eigenvalue weighted by Crippen LogP contribution is -2.45. The minimum absolute atomic E-state index is 0.134. The zero-order valence-electron chi connectivity index (χ0n) is 19.5. The molecule has 1 heterocycles. The second-order valence-corrected chi connectivity index (χ2v) is 9.98. The average Bonchev–Trinajstić information content (AvgIpc) is 2.76. The molecule has 0 unspecified atom stereocenters. The third kappa shape index (κ3) is 5.66. The maximum absolute atomic E-state index is 13.1. The molecule has 0 aliphatic rings. The third-order valence-corrected chi connectivity index (χ3v) is 5.71. The van der Waals surface area contributed by atoms with Crippen LogP contribution >= 0.6 is 22.6 Å². The molecular formula is C24H26IN3O6. The highest BCUT2D eigenvalue weighted by Gasteiger charge is 2.25. The Labute approximate surface area is 209 Å². The van der Waals surface area contributed by atoms with Crippen molar-refractivity contribution in [1.82, 2.24) is 14.5 Å². The first-order valence-corrected chi connectivity index (χ1v) is 11.6. The van der Waals surface area contributed by atoms with Crippen molar-refractivity contribution < 1.29 is 19.1 Å². The molecule has 0 saturated carbocycles. The number of aromatic nitrogens is 2. The number of esters is 1. The minimum atomic E-state index is -0.968. The molecule has 1 atom stereocenters. The highest BCUT2D eigenvalue weighted by molar-refractivity contribution is 14.1. The molecule has 0 aliphatic carbocycles. The fourth-order valence-electron chi connectivity index (χ4n) is 3.46. The number of hydrogen-bond donors (Lipinski definition) is 1. The van der Waals surface area contributed by atoms with E-state index in [-0.39, 0.29) is 6.42 Å². The molecule has 180 valence electrons. The van der Waals surface area contributed by atoms with E-state index < -0.39 is 35.0 Å². The van der Waals surface area contributed by atoms with Gasteiger partial charge >= 0.3 is 17.8 Å². The number of benzene rings is 2. The fourth-order valence-corrected chi connectivity index (χ4v) is 3.95. The van der Waals surface area contributed by atoms with Crippen LogP contribution in [-0.2, 0) is 27.7 Å². The van der Waals surface area contributed by atoms with Gasteiger partial charge in [-0.25, -0.2) is 19.0 Å². The lowest BCUT2D eigenvalue weighted by Gasteiger charge is -2.22. The van der Waals surface area contributed by atoms with E-state index in [2.05, 4.69) is 27.9 Å². The Kier molecular flexibility index (Phi) is 7.49. The molecule has 1 aromatic heterocycles. The van der Waals surface area contributed by atoms with Gasteiger partial charge in [0.1, 0.15) is 11.6 Å². The van der Waals surface area contributed by atoms with Crippen LogP contribution < -0.4 is 16.6 Å². The minimum Gasteiger partial charge on any atom is -0.467 e. The van der Waals surface area contributed by atoms with Gasteiger partial charge in [-0.05, 0) is 79.3 Å². The zero-order chi connectivity index (χ0) is 25.2. The molecule has 0 bridgehead atoms. The second kappa shape index (κ2) is 10.00. The summed E-state index contributed by atoms with van der Waals surface area (Å²) in [5.41, 5.74) is 0.0376. The monoisotopic (exact) mass is 579 g/mol. The highest BCUT2D eigenvalue weighted by Crippen LogP contribution is 2.15. The molecular weight excluding hydrogens is 553 g/mol. The summed E-state index contributed by atoms with van der Waals surface area (Å²) in [5.74, 6) is -0.621. The molecule has 0 fully saturated rings. The van der Waals surface area contributed by atoms with E-state index in [1.807, 2.05) is 6.07 Å². The summed E-state index contributed by atoms with van der Waals surface area (Å²) in [5, 5.41) is 2.96. The molecule has 2 aromatic carbocycles. The van der Waals surface area contributed by atoms with Crippen LogP contribution in [0.5, 0.6) is 0 Å². The summed E-state index contributed by atoms with van der Waals surface area (Å²) in [6, 6.07) is 11.0. The van der Waals surface area contributed by atoms with Gasteiger partial charge in [-0.3, -0.25) is 9.36 Å². The maximum atomic E-state index is 13.1. The van der Waals surface area contributed by atoms with Crippen LogP contribution in [0.2, 0.25) is 0 Å². The molecule has 1 N–H and O–H groups in total. The quantitative estimate of drug-likeness (QED) is 0.368. The normalized spacial score (nSPS) is 12.3. The van der Waals surface area contributed by atoms with Crippen molar-refractivity contribution in [2.75, 3.05) is 7.11 Å². The van der Waals surface area contributed by atoms with Gasteiger partial charge < -0.3 is 14.8 Å². The molecule has 3 aromatic rings. The number of nitrogens with one attached hydrogen (secondary N) is 1. The number of aryl methyl sites for hydroxylation is 1. The number of halogens is 1. The van der Waals surface area contributed by atoms with Crippen LogP contribution in [0.25, 0.3) is 16.6 Å². The lowest BCUT2D eigenvalue weighted by molar-refractivity contribution is -0.143. The standard InChI is InChI=1S/C24H26IN3O6/c1-24(2,3)34-22(31)26-18(21(30)33-5)12-14-6-9-16(10-7-14)28-20(29)17-13-15(25)8-11-19(17)27(4)23(28)32/h6-11,13,18H,12H2,1-5H3,(H,26,31)/t18-/m0/s1. The van der Waals surface area contributed by atoms with Crippen LogP contribution in [-0.4, -0.2) is 39.9 Å². The lowest BCUT2D eigenvalue weighted by atomic mass is 10.1. The first kappa shape index (κ1) is 25.5. The van der Waals surface area contributed by atoms with Gasteiger partial charge in [0.15, 0.2) is 0 Å². The molecule has 1 amide bonds. The van der Waals surface area contributed by atoms with Gasteiger partial charge in [0.05, 0.1) is 23.7 Å². The molecule has 0 aliphatic heterocycles. The van der Waals surface area contributed by atoms with E-state index in [0.717, 1.165) is 8.14 Å². The zero-order valence-corrected chi connectivity index (χ0v) is 21.7. The van der Waals surface area contributed by atoms with Crippen LogP contribution in [0.3, 0.4) is 0 Å². The number of alkyl carbamates (subject to hydrolysis) is 1. The summed E-state index contributed by atoms with van der Waals surface area (Å²) in [6.07, 6.45) is -0.602. The average molecular weight is 579 g/mol. The Balaban J connectivity index is 1.92. The number of hydrogen-bond acceptors (Lipinski definition) is 6. The number of fused-ring (bicyclic) bond motifs is 1. The van der Waals surface area contributed by atoms with Crippen molar-refractivity contribution in [1.29, 1.82) is 0 Å². The van der Waals surface area contributed by atoms with Crippen molar-refractivity contribution >= 4 is 45.6 Å². The van der Waals surface area contributed by atoms with Crippen molar-refractivity contribution in [3.63, 3.8) is 0 Å². The van der Waals surface area contributed by atoms with E-state index in [1.165, 1.54) is 11.7 Å². The Morgan fingerprint density at radius 1 is 1.09 bits per heavy atom. The van der Waals surface area contributed by atoms with Gasteiger partial charge in [-0.2, -0.15) is 0 Å². The number of rotatable bonds is 5. The molecule has 10 heteroatoms. The molecule has 0 spiro atoms. The third-order valence-electron chi connectivity index (χ3n) is 5.04. The van der Waals surface area contributed by atoms with Gasteiger partial charge in [0, 0.05) is 17.0 Å². The van der Waals surface area contributed by atoms with Crippen molar-refractivity contribution in [3.05, 3.63) is 72.4 Å². The Hall–Kier alpha value is -3.15. The predicted molar refractivity (Wildman–Crippen MR) is 136 cm³/mol. The SMILES string of the molecule is COC(=O)[C@H](Cc1ccc(-n2c(=O)c3cc(I)ccc3n(C)c2=O)cc1)NC(=O)OC(C)(C)C. The van der Waals surface area contributed by atoms with E-state index >= 15 is 0 Å². The van der Waals surface area contributed by atoms with Crippen molar-refractivity contribution in [3.8, 4) is 5.69 Å². The highest BCUT2D eigenvalue weighted by atomic mass is 127. The molecule has 0 saturated heterocycles. The van der Waals surface area contributed by atoms with Gasteiger partial charge in [-0.1, -0.05) is 12.1 Å². The number of amides is 1. The van der Waals surface area contributed by atoms with Gasteiger partial charge in [0.2, 0.25) is 0 Å². The summed E-state index contributed by atoms with van der Waals surface area (Å²) in [4.78, 5) is 50.4. The van der Waals surface area contributed by atoms with Crippen molar-refractivity contribution in [2.24, 2.45) is 7.05 Å². The molecule has 3 rings (SSSR count). The van der Waals surface area contributed by atoms with Crippen LogP contribution in [0.15, 0.2) is 52.1 Å². The Bertz CT molecular complexity index is 1350. The fraction of sp³-hybridized carbons (Fsp3) is 0.333. The smallest absolute Gasteiger partial charge is 0.408 e. The number of nitrogens with zero attached hydrogens (tertiary/aromatic N) is 2. The molecule has 0 radical (unpaired) electrons. The van der Waals surface area contributed by atoms with Crippen LogP contribution in [0.1, 0.15) is 26.3 Å². The topological polar surface area (TPSA) is 109 Å². The second-order valence-electron chi connectivity index (χ2n) is 8.74. The summed E-state index contributed by atoms with van der Waals surface area (Å²) in [6.45, 7) is 5.16. The maximum Gasteiger partial charge on any atom is 0.408 e. The Morgan fingerprint density at radius 3 is 2.32 bits per heavy atom. The van der Waals surface area contributed by atoms with Crippen molar-refractivity contribution in [2.45, 2.75) is 38.8 Å². The number of methoxy groups -OCH3 is 1. The van der Waals surface area contributed by atoms with E-state index in [9.17, 15) is 19.2 Å². The van der Waals surface area contributed by atoms with E-state index in [1.54, 1.807) is 64.2 Å². The first-order valence-electron chi connectivity index (χ1n) is 10.5. The molecule has 9 nitrogen and oxygen atoms in total. The predicted octanol–water partition coefficient (Wildman–Crippen LogP) is 2.90. The van der Waals surface area contributed by atoms with Gasteiger partial charge in [-0.15, -0.1) is 0 Å². The molecule has 34 heavy (non-hydrogen) atoms. The van der Waals surface area contributed by atoms with E-state index in [0.29, 0.717) is 22.2 Å². The largest absolute Gasteiger partial charge is 0.467 e. The Morgan fingerprint density at radius 2 is 1.74 bits per heavy atom. The number of ether oxygens (including phenoxy) is 2. The summed E-state index contributed by atoms with van der Waals surface area (Å²) < 4.78 is 13.5. The van der Waals surface area contributed by atoms with Crippen LogP contribution in [0, 0.1) is 3.57 Å². The van der Waals surface area contributed by atoms with Gasteiger partial charge in [0.25, 0.3) is 5.56 Å². The summed E-state index contributed by atoms with van der Waals surface area (Å²) in [7, 11) is 2.85.